The van der Waals surface area contributed by atoms with Crippen LogP contribution in [0.5, 0.6) is 5.75 Å². The van der Waals surface area contributed by atoms with Crippen molar-refractivity contribution in [3.05, 3.63) is 46.2 Å². The average Bonchev–Trinajstić information content (AvgIpc) is 2.63. The van der Waals surface area contributed by atoms with Gasteiger partial charge in [-0.2, -0.15) is 0 Å². The molecule has 4 rings (SSSR count). The third-order valence-electron chi connectivity index (χ3n) is 5.79. The normalized spacial score (nSPS) is 18.3. The summed E-state index contributed by atoms with van der Waals surface area (Å²) in [6.07, 6.45) is 1.01. The molecule has 2 fully saturated rings. The number of nitrogens with one attached hydrogen (secondary N) is 2. The highest BCUT2D eigenvalue weighted by Gasteiger charge is 2.56. The Morgan fingerprint density at radius 1 is 1.16 bits per heavy atom. The Balaban J connectivity index is 1.54. The Kier molecular flexibility index (Phi) is 5.58. The number of aromatic hydroxyl groups is 1. The van der Waals surface area contributed by atoms with Gasteiger partial charge in [-0.3, -0.25) is 0 Å². The number of halogens is 3. The monoisotopic (exact) mass is 487 g/mol. The number of carbonyl (C=O) groups is 1. The minimum absolute atomic E-state index is 0.0192. The third kappa shape index (κ3) is 3.95. The van der Waals surface area contributed by atoms with E-state index in [2.05, 4.69) is 15.5 Å². The number of anilines is 2. The molecular weight excluding hydrogens is 468 g/mol. The summed E-state index contributed by atoms with van der Waals surface area (Å²) in [5.41, 5.74) is -0.106. The first kappa shape index (κ1) is 22.1. The molecule has 2 aliphatic rings. The maximum Gasteiger partial charge on any atom is 0.323 e. The van der Waals surface area contributed by atoms with E-state index in [0.29, 0.717) is 12.8 Å². The molecule has 2 aromatic rings. The second-order valence-corrected chi connectivity index (χ2v) is 11.2. The van der Waals surface area contributed by atoms with Crippen molar-refractivity contribution >= 4 is 50.4 Å². The van der Waals surface area contributed by atoms with E-state index in [0.717, 1.165) is 19.2 Å². The molecule has 1 aliphatic heterocycles. The molecule has 1 spiro atoms. The summed E-state index contributed by atoms with van der Waals surface area (Å²) >= 11 is 11.9. The average molecular weight is 488 g/mol. The van der Waals surface area contributed by atoms with Gasteiger partial charge in [-0.1, -0.05) is 29.3 Å². The fraction of sp³-hybridized carbons (Fsp3) is 0.350. The number of nitrogens with zero attached hydrogens (tertiary/aromatic N) is 1. The second-order valence-electron chi connectivity index (χ2n) is 8.20. The summed E-state index contributed by atoms with van der Waals surface area (Å²) < 4.78 is 39.8. The fourth-order valence-electron chi connectivity index (χ4n) is 4.44. The molecule has 166 valence electrons. The van der Waals surface area contributed by atoms with E-state index in [1.54, 1.807) is 0 Å². The van der Waals surface area contributed by atoms with Crippen molar-refractivity contribution in [2.45, 2.75) is 23.0 Å². The number of phenols is 1. The Morgan fingerprint density at radius 3 is 2.45 bits per heavy atom. The van der Waals surface area contributed by atoms with E-state index >= 15 is 0 Å². The lowest BCUT2D eigenvalue weighted by atomic mass is 9.63. The van der Waals surface area contributed by atoms with Crippen LogP contribution in [0.2, 0.25) is 10.0 Å². The molecular formula is C20H20Cl2FN3O4S. The molecule has 0 bridgehead atoms. The minimum atomic E-state index is -3.90. The molecule has 0 atom stereocenters. The summed E-state index contributed by atoms with van der Waals surface area (Å²) in [4.78, 5) is 14.0. The van der Waals surface area contributed by atoms with Crippen molar-refractivity contribution in [3.8, 4) is 5.75 Å². The van der Waals surface area contributed by atoms with Gasteiger partial charge in [0, 0.05) is 13.1 Å². The Bertz CT molecular complexity index is 1160. The molecule has 0 aromatic heterocycles. The van der Waals surface area contributed by atoms with Gasteiger partial charge in [-0.05, 0) is 49.6 Å². The molecule has 2 amide bonds. The van der Waals surface area contributed by atoms with Crippen LogP contribution >= 0.6 is 23.2 Å². The minimum Gasteiger partial charge on any atom is -0.504 e. The van der Waals surface area contributed by atoms with Gasteiger partial charge in [0.05, 0.1) is 26.7 Å². The zero-order valence-electron chi connectivity index (χ0n) is 16.5. The van der Waals surface area contributed by atoms with Crippen molar-refractivity contribution in [3.63, 3.8) is 0 Å². The van der Waals surface area contributed by atoms with E-state index < -0.39 is 37.6 Å². The van der Waals surface area contributed by atoms with Crippen LogP contribution in [-0.2, 0) is 9.84 Å². The highest BCUT2D eigenvalue weighted by molar-refractivity contribution is 7.92. The molecule has 31 heavy (non-hydrogen) atoms. The van der Waals surface area contributed by atoms with Crippen LogP contribution in [0, 0.1) is 11.2 Å². The Morgan fingerprint density at radius 2 is 1.81 bits per heavy atom. The Hall–Kier alpha value is -2.07. The van der Waals surface area contributed by atoms with Crippen molar-refractivity contribution in [1.29, 1.82) is 0 Å². The first-order valence-corrected chi connectivity index (χ1v) is 11.8. The molecule has 1 heterocycles. The fourth-order valence-corrected chi connectivity index (χ4v) is 7.29. The van der Waals surface area contributed by atoms with Gasteiger partial charge < -0.3 is 20.6 Å². The van der Waals surface area contributed by atoms with Crippen LogP contribution in [0.15, 0.2) is 35.2 Å². The lowest BCUT2D eigenvalue weighted by Gasteiger charge is -2.57. The predicted molar refractivity (Wildman–Crippen MR) is 117 cm³/mol. The van der Waals surface area contributed by atoms with E-state index in [9.17, 15) is 22.7 Å². The Labute approximate surface area is 189 Å². The number of carbonyl (C=O) groups excluding carboxylic acids is 1. The lowest BCUT2D eigenvalue weighted by Crippen LogP contribution is -2.63. The van der Waals surface area contributed by atoms with Gasteiger partial charge in [0.1, 0.15) is 10.7 Å². The van der Waals surface area contributed by atoms with Gasteiger partial charge >= 0.3 is 6.03 Å². The quantitative estimate of drug-likeness (QED) is 0.556. The zero-order valence-corrected chi connectivity index (χ0v) is 18.8. The number of likely N-dealkylation sites (tertiary alicyclic amines) is 1. The highest BCUT2D eigenvalue weighted by Crippen LogP contribution is 2.53. The molecule has 1 aliphatic carbocycles. The summed E-state index contributed by atoms with van der Waals surface area (Å²) in [5.74, 6) is -1.35. The smallest absolute Gasteiger partial charge is 0.323 e. The number of benzene rings is 2. The number of urea groups is 1. The SMILES string of the molecule is CN1CC2(CC(S(=O)(=O)c3c(Cl)ccc(NC(=O)Nc4cccc(F)c4Cl)c3O)C2)C1. The van der Waals surface area contributed by atoms with Crippen molar-refractivity contribution in [2.75, 3.05) is 30.8 Å². The van der Waals surface area contributed by atoms with E-state index in [1.165, 1.54) is 24.3 Å². The topological polar surface area (TPSA) is 98.7 Å². The summed E-state index contributed by atoms with van der Waals surface area (Å²) in [6.45, 7) is 1.70. The largest absolute Gasteiger partial charge is 0.504 e. The molecule has 2 aromatic carbocycles. The van der Waals surface area contributed by atoms with E-state index in [1.807, 2.05) is 7.05 Å². The predicted octanol–water partition coefficient (Wildman–Crippen LogP) is 4.35. The molecule has 0 unspecified atom stereocenters. The lowest BCUT2D eigenvalue weighted by molar-refractivity contribution is -0.0408. The molecule has 3 N–H and O–H groups in total. The van der Waals surface area contributed by atoms with Gasteiger partial charge in [0.15, 0.2) is 15.6 Å². The van der Waals surface area contributed by atoms with Crippen LogP contribution < -0.4 is 10.6 Å². The second kappa shape index (κ2) is 7.81. The maximum atomic E-state index is 13.5. The molecule has 0 radical (unpaired) electrons. The highest BCUT2D eigenvalue weighted by atomic mass is 35.5. The number of hydrogen-bond donors (Lipinski definition) is 3. The number of hydrogen-bond acceptors (Lipinski definition) is 5. The third-order valence-corrected chi connectivity index (χ3v) is 8.79. The van der Waals surface area contributed by atoms with Crippen molar-refractivity contribution in [1.82, 2.24) is 4.90 Å². The van der Waals surface area contributed by atoms with Gasteiger partial charge in [-0.15, -0.1) is 0 Å². The number of sulfone groups is 1. The summed E-state index contributed by atoms with van der Waals surface area (Å²) in [5, 5.41) is 14.3. The molecule has 7 nitrogen and oxygen atoms in total. The molecule has 1 saturated heterocycles. The van der Waals surface area contributed by atoms with Crippen LogP contribution in [-0.4, -0.2) is 49.8 Å². The number of phenolic OH excluding ortho intramolecular Hbond substituents is 1. The van der Waals surface area contributed by atoms with Crippen LogP contribution in [0.3, 0.4) is 0 Å². The maximum absolute atomic E-state index is 13.5. The first-order valence-electron chi connectivity index (χ1n) is 9.48. The van der Waals surface area contributed by atoms with Gasteiger partial charge in [-0.25, -0.2) is 17.6 Å². The van der Waals surface area contributed by atoms with Crippen LogP contribution in [0.25, 0.3) is 0 Å². The van der Waals surface area contributed by atoms with E-state index in [4.69, 9.17) is 23.2 Å². The molecule has 11 heteroatoms. The summed E-state index contributed by atoms with van der Waals surface area (Å²) in [6, 6.07) is 5.64. The molecule has 1 saturated carbocycles. The van der Waals surface area contributed by atoms with Crippen LogP contribution in [0.1, 0.15) is 12.8 Å². The number of amides is 2. The van der Waals surface area contributed by atoms with Gasteiger partial charge in [0.25, 0.3) is 0 Å². The van der Waals surface area contributed by atoms with E-state index in [-0.39, 0.29) is 26.8 Å². The number of rotatable bonds is 4. The summed E-state index contributed by atoms with van der Waals surface area (Å²) in [7, 11) is -1.92. The zero-order chi connectivity index (χ0) is 22.6. The van der Waals surface area contributed by atoms with Crippen LogP contribution in [0.4, 0.5) is 20.6 Å². The first-order chi connectivity index (χ1) is 14.5. The van der Waals surface area contributed by atoms with Crippen molar-refractivity contribution in [2.24, 2.45) is 5.41 Å². The van der Waals surface area contributed by atoms with Crippen molar-refractivity contribution < 1.29 is 22.7 Å². The standard InChI is InChI=1S/C20H20Cl2FN3O4S/c1-26-9-20(10-26)7-11(8-20)31(29,30)18-12(21)5-6-15(17(18)27)25-19(28)24-14-4-2-3-13(23)16(14)22/h2-6,11,27H,7-10H2,1H3,(H2,24,25,28). The van der Waals surface area contributed by atoms with Gasteiger partial charge in [0.2, 0.25) is 0 Å².